The number of aliphatic hydroxyl groups is 1. The highest BCUT2D eigenvalue weighted by Crippen LogP contribution is 2.18. The van der Waals surface area contributed by atoms with E-state index in [1.54, 1.807) is 0 Å². The van der Waals surface area contributed by atoms with Gasteiger partial charge in [-0.25, -0.2) is 17.2 Å². The monoisotopic (exact) mass is 581 g/mol. The van der Waals surface area contributed by atoms with Crippen molar-refractivity contribution in [1.29, 1.82) is 0 Å². The largest absolute Gasteiger partial charge is 0.390 e. The predicted molar refractivity (Wildman–Crippen MR) is 155 cm³/mol. The van der Waals surface area contributed by atoms with Crippen LogP contribution in [0.3, 0.4) is 0 Å². The minimum absolute atomic E-state index is 0.118. The van der Waals surface area contributed by atoms with Crippen molar-refractivity contribution in [2.24, 2.45) is 11.5 Å². The molecular weight excluding hydrogens is 536 g/mol. The van der Waals surface area contributed by atoms with Crippen LogP contribution in [0.5, 0.6) is 0 Å². The van der Waals surface area contributed by atoms with Gasteiger partial charge in [-0.05, 0) is 60.9 Å². The minimum Gasteiger partial charge on any atom is -0.390 e. The summed E-state index contributed by atoms with van der Waals surface area (Å²) in [4.78, 5) is 14.9. The summed E-state index contributed by atoms with van der Waals surface area (Å²) in [6.45, 7) is 5.80. The van der Waals surface area contributed by atoms with Gasteiger partial charge in [0.05, 0.1) is 23.1 Å². The van der Waals surface area contributed by atoms with E-state index in [-0.39, 0.29) is 25.9 Å². The van der Waals surface area contributed by atoms with Gasteiger partial charge in [0.2, 0.25) is 5.91 Å². The number of carbonyl (C=O) groups excluding carboxylic acids is 1. The third kappa shape index (κ3) is 10.5. The molecular formula is C30H45F2N3O4S. The van der Waals surface area contributed by atoms with Crippen LogP contribution in [0.2, 0.25) is 0 Å². The Hall–Kier alpha value is -2.40. The molecule has 0 bridgehead atoms. The van der Waals surface area contributed by atoms with Crippen molar-refractivity contribution in [2.75, 3.05) is 12.3 Å². The highest BCUT2D eigenvalue weighted by molar-refractivity contribution is 7.92. The number of aliphatic hydroxyl groups excluding tert-OH is 1. The second-order valence-corrected chi connectivity index (χ2v) is 12.9. The van der Waals surface area contributed by atoms with Gasteiger partial charge in [-0.15, -0.1) is 0 Å². The number of hydrogen-bond acceptors (Lipinski definition) is 6. The lowest BCUT2D eigenvalue weighted by Gasteiger charge is -2.30. The number of rotatable bonds is 17. The molecule has 7 nitrogen and oxygen atoms in total. The van der Waals surface area contributed by atoms with E-state index >= 15 is 0 Å². The van der Waals surface area contributed by atoms with Crippen LogP contribution in [0.25, 0.3) is 0 Å². The van der Waals surface area contributed by atoms with Crippen molar-refractivity contribution < 1.29 is 27.1 Å². The lowest BCUT2D eigenvalue weighted by Crippen LogP contribution is -2.52. The molecule has 3 atom stereocenters. The zero-order chi connectivity index (χ0) is 29.9. The first-order chi connectivity index (χ1) is 18.9. The molecule has 2 aromatic rings. The number of nitrogens with two attached hydrogens (primary N) is 2. The molecule has 0 spiro atoms. The average molecular weight is 582 g/mol. The molecule has 5 N–H and O–H groups in total. The molecule has 0 saturated heterocycles. The molecule has 0 aliphatic heterocycles. The minimum atomic E-state index is -3.62. The maximum Gasteiger partial charge on any atom is 0.240 e. The molecule has 0 radical (unpaired) electrons. The van der Waals surface area contributed by atoms with Crippen LogP contribution in [-0.4, -0.2) is 60.1 Å². The van der Waals surface area contributed by atoms with Crippen LogP contribution in [0, 0.1) is 11.6 Å². The first-order valence-corrected chi connectivity index (χ1v) is 15.8. The fourth-order valence-corrected chi connectivity index (χ4v) is 6.99. The highest BCUT2D eigenvalue weighted by atomic mass is 32.2. The number of benzene rings is 2. The summed E-state index contributed by atoms with van der Waals surface area (Å²) in [6.07, 6.45) is 2.50. The van der Waals surface area contributed by atoms with E-state index in [0.717, 1.165) is 23.6 Å². The maximum atomic E-state index is 13.5. The normalized spacial score (nSPS) is 14.2. The highest BCUT2D eigenvalue weighted by Gasteiger charge is 2.32. The summed E-state index contributed by atoms with van der Waals surface area (Å²) in [6, 6.07) is 8.75. The molecule has 0 aromatic heterocycles. The number of aryl methyl sites for hydroxylation is 2. The molecule has 0 saturated carbocycles. The molecule has 0 fully saturated rings. The Labute approximate surface area is 237 Å². The standard InChI is InChI=1S/C30H45F2N3O4S/c1-4-8-26(9-5-2)40(38,39)20-28(34)30(37)35(18-23-11-7-10-21(6-3)14-23)19-29(36)27(33)13-12-22-15-24(31)17-25(32)16-22/h7,10-11,14-17,26-29,36H,4-6,8-9,12-13,18-20,33-34H2,1-3H3/t27-,28+,29+/m0/s1. The molecule has 0 unspecified atom stereocenters. The van der Waals surface area contributed by atoms with Crippen molar-refractivity contribution in [3.8, 4) is 0 Å². The summed E-state index contributed by atoms with van der Waals surface area (Å²) in [5.41, 5.74) is 14.7. The smallest absolute Gasteiger partial charge is 0.240 e. The molecule has 40 heavy (non-hydrogen) atoms. The molecule has 0 aliphatic carbocycles. The van der Waals surface area contributed by atoms with Gasteiger partial charge in [0.1, 0.15) is 11.6 Å². The number of sulfone groups is 1. The number of halogens is 2. The first-order valence-electron chi connectivity index (χ1n) is 14.1. The maximum absolute atomic E-state index is 13.5. The van der Waals surface area contributed by atoms with Crippen LogP contribution < -0.4 is 11.5 Å². The predicted octanol–water partition coefficient (Wildman–Crippen LogP) is 3.89. The Morgan fingerprint density at radius 1 is 0.925 bits per heavy atom. The Morgan fingerprint density at radius 3 is 2.10 bits per heavy atom. The summed E-state index contributed by atoms with van der Waals surface area (Å²) < 4.78 is 53.3. The lowest BCUT2D eigenvalue weighted by molar-refractivity contribution is -0.134. The Kier molecular flexibility index (Phi) is 13.6. The zero-order valence-corrected chi connectivity index (χ0v) is 24.7. The van der Waals surface area contributed by atoms with E-state index in [1.165, 1.54) is 17.0 Å². The van der Waals surface area contributed by atoms with Gasteiger partial charge in [0, 0.05) is 25.2 Å². The van der Waals surface area contributed by atoms with Crippen molar-refractivity contribution in [1.82, 2.24) is 4.90 Å². The molecule has 1 amide bonds. The Morgan fingerprint density at radius 2 is 1.52 bits per heavy atom. The first kappa shape index (κ1) is 33.8. The average Bonchev–Trinajstić information content (AvgIpc) is 2.90. The van der Waals surface area contributed by atoms with E-state index in [0.29, 0.717) is 31.2 Å². The topological polar surface area (TPSA) is 127 Å². The van der Waals surface area contributed by atoms with Crippen molar-refractivity contribution in [3.05, 3.63) is 70.8 Å². The summed E-state index contributed by atoms with van der Waals surface area (Å²) >= 11 is 0. The summed E-state index contributed by atoms with van der Waals surface area (Å²) in [5.74, 6) is -2.45. The van der Waals surface area contributed by atoms with Gasteiger partial charge < -0.3 is 21.5 Å². The molecule has 2 aromatic carbocycles. The summed E-state index contributed by atoms with van der Waals surface area (Å²) in [5, 5.41) is 10.4. The quantitative estimate of drug-likeness (QED) is 0.260. The fourth-order valence-electron chi connectivity index (χ4n) is 4.88. The van der Waals surface area contributed by atoms with Crippen molar-refractivity contribution >= 4 is 15.7 Å². The van der Waals surface area contributed by atoms with Gasteiger partial charge in [0.15, 0.2) is 9.84 Å². The fraction of sp³-hybridized carbons (Fsp3) is 0.567. The van der Waals surface area contributed by atoms with Gasteiger partial charge in [-0.2, -0.15) is 0 Å². The number of carbonyl (C=O) groups is 1. The third-order valence-electron chi connectivity index (χ3n) is 7.13. The molecule has 0 aliphatic rings. The molecule has 0 heterocycles. The van der Waals surface area contributed by atoms with E-state index < -0.39 is 56.6 Å². The van der Waals surface area contributed by atoms with Crippen LogP contribution in [-0.2, 0) is 34.0 Å². The SMILES string of the molecule is CCCC(CCC)S(=O)(=O)C[C@@H](N)C(=O)N(Cc1cccc(CC)c1)C[C@@H](O)[C@@H](N)CCc1cc(F)cc(F)c1. The third-order valence-corrected chi connectivity index (χ3v) is 9.44. The van der Waals surface area contributed by atoms with Gasteiger partial charge >= 0.3 is 0 Å². The van der Waals surface area contributed by atoms with Gasteiger partial charge in [-0.3, -0.25) is 4.79 Å². The second-order valence-electron chi connectivity index (χ2n) is 10.6. The van der Waals surface area contributed by atoms with E-state index in [4.69, 9.17) is 11.5 Å². The van der Waals surface area contributed by atoms with Gasteiger partial charge in [-0.1, -0.05) is 57.9 Å². The van der Waals surface area contributed by atoms with Crippen LogP contribution in [0.1, 0.15) is 69.6 Å². The number of nitrogens with zero attached hydrogens (tertiary/aromatic N) is 1. The lowest BCUT2D eigenvalue weighted by atomic mass is 10.0. The Balaban J connectivity index is 2.20. The second kappa shape index (κ2) is 16.1. The molecule has 2 rings (SSSR count). The van der Waals surface area contributed by atoms with Crippen LogP contribution in [0.15, 0.2) is 42.5 Å². The van der Waals surface area contributed by atoms with Crippen LogP contribution >= 0.6 is 0 Å². The zero-order valence-electron chi connectivity index (χ0n) is 23.9. The van der Waals surface area contributed by atoms with Crippen molar-refractivity contribution in [2.45, 2.75) is 95.7 Å². The molecule has 224 valence electrons. The Bertz CT molecular complexity index is 1170. The van der Waals surface area contributed by atoms with Gasteiger partial charge in [0.25, 0.3) is 0 Å². The number of hydrogen-bond donors (Lipinski definition) is 3. The van der Waals surface area contributed by atoms with Crippen LogP contribution in [0.4, 0.5) is 8.78 Å². The van der Waals surface area contributed by atoms with E-state index in [1.807, 2.05) is 45.0 Å². The number of amides is 1. The van der Waals surface area contributed by atoms with Crippen molar-refractivity contribution in [3.63, 3.8) is 0 Å². The summed E-state index contributed by atoms with van der Waals surface area (Å²) in [7, 11) is -3.62. The molecule has 10 heteroatoms. The van der Waals surface area contributed by atoms with E-state index in [2.05, 4.69) is 0 Å². The van der Waals surface area contributed by atoms with E-state index in [9.17, 15) is 27.1 Å².